The van der Waals surface area contributed by atoms with E-state index in [9.17, 15) is 19.5 Å². The number of carbonyl (C=O) groups is 3. The Hall–Kier alpha value is -5.15. The molecule has 4 aromatic rings. The molecule has 0 aromatic heterocycles. The number of nitrogens with one attached hydrogen (secondary N) is 2. The normalized spacial score (nSPS) is 12.5. The molecule has 210 valence electrons. The molecular formula is C32H31N3O6. The molecule has 0 aliphatic heterocycles. The van der Waals surface area contributed by atoms with E-state index in [-0.39, 0.29) is 11.7 Å². The van der Waals surface area contributed by atoms with Gasteiger partial charge in [0.05, 0.1) is 17.5 Å². The van der Waals surface area contributed by atoms with E-state index in [0.717, 1.165) is 0 Å². The van der Waals surface area contributed by atoms with Gasteiger partial charge in [-0.05, 0) is 54.6 Å². The Morgan fingerprint density at radius 1 is 0.902 bits per heavy atom. The molecule has 3 amide bonds. The number of methoxy groups -OCH3 is 1. The first-order valence-corrected chi connectivity index (χ1v) is 13.0. The van der Waals surface area contributed by atoms with E-state index in [0.29, 0.717) is 46.1 Å². The first-order chi connectivity index (χ1) is 19.9. The highest BCUT2D eigenvalue weighted by atomic mass is 16.6. The lowest BCUT2D eigenvalue weighted by Crippen LogP contribution is -2.35. The maximum absolute atomic E-state index is 12.9. The lowest BCUT2D eigenvalue weighted by Gasteiger charge is -2.27. The number of hydrogen-bond donors (Lipinski definition) is 4. The number of fused-ring (bicyclic) bond motifs is 1. The summed E-state index contributed by atoms with van der Waals surface area (Å²) in [4.78, 5) is 37.8. The number of phenolic OH excluding ortho intramolecular Hbond substituents is 1. The van der Waals surface area contributed by atoms with Gasteiger partial charge in [-0.3, -0.25) is 14.9 Å². The second-order valence-corrected chi connectivity index (χ2v) is 9.20. The second kappa shape index (κ2) is 13.8. The van der Waals surface area contributed by atoms with Crippen LogP contribution in [0.5, 0.6) is 5.75 Å². The summed E-state index contributed by atoms with van der Waals surface area (Å²) in [7, 11) is 1.49. The number of amides is 3. The van der Waals surface area contributed by atoms with Crippen molar-refractivity contribution in [3.05, 3.63) is 114 Å². The van der Waals surface area contributed by atoms with Gasteiger partial charge < -0.3 is 25.6 Å². The molecular weight excluding hydrogens is 522 g/mol. The lowest BCUT2D eigenvalue weighted by molar-refractivity contribution is -0.111. The van der Waals surface area contributed by atoms with Crippen LogP contribution in [0.3, 0.4) is 0 Å². The summed E-state index contributed by atoms with van der Waals surface area (Å²) in [5.74, 6) is -0.867. The first-order valence-electron chi connectivity index (χ1n) is 13.0. The number of allylic oxidation sites excluding steroid dienone is 1. The third-order valence-corrected chi connectivity index (χ3v) is 6.47. The van der Waals surface area contributed by atoms with Gasteiger partial charge in [0.15, 0.2) is 6.10 Å². The Kier molecular flexibility index (Phi) is 9.69. The monoisotopic (exact) mass is 553 g/mol. The maximum Gasteiger partial charge on any atom is 0.414 e. The van der Waals surface area contributed by atoms with E-state index in [1.54, 1.807) is 84.9 Å². The molecule has 0 unspecified atom stereocenters. The van der Waals surface area contributed by atoms with Gasteiger partial charge in [0.1, 0.15) is 5.75 Å². The highest BCUT2D eigenvalue weighted by molar-refractivity contribution is 6.03. The number of phenols is 1. The molecule has 5 N–H and O–H groups in total. The fourth-order valence-corrected chi connectivity index (χ4v) is 4.42. The van der Waals surface area contributed by atoms with Gasteiger partial charge in [0, 0.05) is 23.6 Å². The number of anilines is 2. The second-order valence-electron chi connectivity index (χ2n) is 9.20. The van der Waals surface area contributed by atoms with Crippen LogP contribution < -0.4 is 16.4 Å². The number of ether oxygens (including phenoxy) is 2. The van der Waals surface area contributed by atoms with E-state index in [4.69, 9.17) is 15.2 Å². The third-order valence-electron chi connectivity index (χ3n) is 6.47. The average Bonchev–Trinajstić information content (AvgIpc) is 2.98. The van der Waals surface area contributed by atoms with Crippen LogP contribution in [0.4, 0.5) is 16.2 Å². The molecule has 0 aliphatic rings. The average molecular weight is 554 g/mol. The Bertz CT molecular complexity index is 1550. The van der Waals surface area contributed by atoms with Crippen LogP contribution >= 0.6 is 0 Å². The molecule has 0 saturated heterocycles. The van der Waals surface area contributed by atoms with Gasteiger partial charge in [-0.2, -0.15) is 0 Å². The molecule has 2 atom stereocenters. The van der Waals surface area contributed by atoms with Crippen molar-refractivity contribution in [1.82, 2.24) is 5.32 Å². The zero-order valence-corrected chi connectivity index (χ0v) is 22.4. The van der Waals surface area contributed by atoms with Crippen molar-refractivity contribution in [1.29, 1.82) is 0 Å². The molecule has 4 rings (SSSR count). The van der Waals surface area contributed by atoms with Gasteiger partial charge >= 0.3 is 6.09 Å². The summed E-state index contributed by atoms with van der Waals surface area (Å²) in [6.45, 7) is 0. The van der Waals surface area contributed by atoms with Gasteiger partial charge in [-0.1, -0.05) is 66.7 Å². The summed E-state index contributed by atoms with van der Waals surface area (Å²) in [6, 6.07) is 25.6. The summed E-state index contributed by atoms with van der Waals surface area (Å²) in [5, 5.41) is 16.6. The number of alkyl carbamates (subject to hydrolysis) is 1. The highest BCUT2D eigenvalue weighted by Crippen LogP contribution is 2.35. The van der Waals surface area contributed by atoms with Crippen LogP contribution in [0.1, 0.15) is 34.9 Å². The van der Waals surface area contributed by atoms with Crippen LogP contribution in [-0.2, 0) is 14.3 Å². The minimum Gasteiger partial charge on any atom is -0.507 e. The molecule has 4 aromatic carbocycles. The number of para-hydroxylation sites is 2. The topological polar surface area (TPSA) is 140 Å². The van der Waals surface area contributed by atoms with E-state index in [1.807, 2.05) is 6.07 Å². The number of benzene rings is 4. The van der Waals surface area contributed by atoms with Gasteiger partial charge in [-0.25, -0.2) is 4.79 Å². The molecule has 0 aliphatic carbocycles. The van der Waals surface area contributed by atoms with Crippen molar-refractivity contribution < 1.29 is 29.0 Å². The predicted molar refractivity (Wildman–Crippen MR) is 157 cm³/mol. The largest absolute Gasteiger partial charge is 0.507 e. The number of hydrogen-bond acceptors (Lipinski definition) is 7. The summed E-state index contributed by atoms with van der Waals surface area (Å²) >= 11 is 0. The van der Waals surface area contributed by atoms with E-state index < -0.39 is 24.2 Å². The first kappa shape index (κ1) is 28.8. The zero-order chi connectivity index (χ0) is 29.2. The van der Waals surface area contributed by atoms with Gasteiger partial charge in [0.2, 0.25) is 5.91 Å². The molecule has 0 heterocycles. The fraction of sp³-hybridized carbons (Fsp3) is 0.156. The van der Waals surface area contributed by atoms with Crippen molar-refractivity contribution in [2.24, 2.45) is 0 Å². The Balaban J connectivity index is 1.52. The highest BCUT2D eigenvalue weighted by Gasteiger charge is 2.29. The predicted octanol–water partition coefficient (Wildman–Crippen LogP) is 5.73. The van der Waals surface area contributed by atoms with Crippen LogP contribution in [0.25, 0.3) is 10.8 Å². The lowest BCUT2D eigenvalue weighted by atomic mass is 9.94. The van der Waals surface area contributed by atoms with Crippen molar-refractivity contribution in [3.8, 4) is 5.75 Å². The standard InChI is InChI=1S/C32H31N3O6/c1-40-28(17-9-10-18-29(37)34-26-16-8-7-15-25(26)33)30(24-19-20-27(36)23-14-6-5-13-22(23)24)41-32(39)35-31(38)21-11-3-2-4-12-21/h2-8,10-16,18-20,28,30,36H,9,17,33H2,1H3,(H,34,37)(H,35,38,39)/b18-10+/t28-,30-/m1/s1. The van der Waals surface area contributed by atoms with Crippen molar-refractivity contribution in [3.63, 3.8) is 0 Å². The van der Waals surface area contributed by atoms with Crippen LogP contribution in [0, 0.1) is 0 Å². The van der Waals surface area contributed by atoms with Crippen LogP contribution in [-0.4, -0.2) is 36.2 Å². The third kappa shape index (κ3) is 7.49. The van der Waals surface area contributed by atoms with Crippen LogP contribution in [0.15, 0.2) is 103 Å². The van der Waals surface area contributed by atoms with Crippen molar-refractivity contribution in [2.45, 2.75) is 25.0 Å². The minimum atomic E-state index is -0.946. The zero-order valence-electron chi connectivity index (χ0n) is 22.4. The summed E-state index contributed by atoms with van der Waals surface area (Å²) in [5.41, 5.74) is 7.75. The minimum absolute atomic E-state index is 0.0776. The molecule has 0 spiro atoms. The van der Waals surface area contributed by atoms with E-state index in [2.05, 4.69) is 10.6 Å². The maximum atomic E-state index is 12.9. The van der Waals surface area contributed by atoms with E-state index >= 15 is 0 Å². The Labute approximate surface area is 237 Å². The quantitative estimate of drug-likeness (QED) is 0.145. The SMILES string of the molecule is CO[C@H](CC/C=C/C(=O)Nc1ccccc1N)[C@H](OC(=O)NC(=O)c1ccccc1)c1ccc(O)c2ccccc12. The fourth-order valence-electron chi connectivity index (χ4n) is 4.42. The van der Waals surface area contributed by atoms with Crippen molar-refractivity contribution in [2.75, 3.05) is 18.2 Å². The van der Waals surface area contributed by atoms with Crippen LogP contribution in [0.2, 0.25) is 0 Å². The number of aromatic hydroxyl groups is 1. The van der Waals surface area contributed by atoms with Crippen molar-refractivity contribution >= 4 is 40.1 Å². The number of nitrogens with two attached hydrogens (primary N) is 1. The smallest absolute Gasteiger partial charge is 0.414 e. The Morgan fingerprint density at radius 2 is 1.59 bits per heavy atom. The number of imide groups is 1. The van der Waals surface area contributed by atoms with Gasteiger partial charge in [0.25, 0.3) is 5.91 Å². The molecule has 9 heteroatoms. The summed E-state index contributed by atoms with van der Waals surface area (Å²) < 4.78 is 11.6. The molecule has 0 saturated carbocycles. The number of rotatable bonds is 10. The molecule has 9 nitrogen and oxygen atoms in total. The Morgan fingerprint density at radius 3 is 2.32 bits per heavy atom. The summed E-state index contributed by atoms with van der Waals surface area (Å²) in [6.07, 6.45) is 1.32. The number of nitrogen functional groups attached to an aromatic ring is 1. The molecule has 0 radical (unpaired) electrons. The molecule has 0 fully saturated rings. The molecule has 0 bridgehead atoms. The van der Waals surface area contributed by atoms with E-state index in [1.165, 1.54) is 19.3 Å². The molecule has 41 heavy (non-hydrogen) atoms. The van der Waals surface area contributed by atoms with Gasteiger partial charge in [-0.15, -0.1) is 0 Å². The number of carbonyl (C=O) groups excluding carboxylic acids is 3.